The third kappa shape index (κ3) is 4.65. The molecular formula is C21H18N4O4. The minimum Gasteiger partial charge on any atom is -0.351 e. The number of nitrogens with zero attached hydrogens (tertiary/aromatic N) is 2. The summed E-state index contributed by atoms with van der Waals surface area (Å²) in [6.45, 7) is 0.287. The fraction of sp³-hybridized carbons (Fsp3) is 0.190. The molecule has 0 atom stereocenters. The standard InChI is InChI=1S/C21H18N4O4/c22-11-9-18(26)23-13-14-5-7-15(8-6-14)24-19(27)10-12-25-20(28)16-3-1-2-4-17(16)21(25)29/h1-8H,9-10,12-13H2,(H,23,26)(H,24,27). The number of benzene rings is 2. The van der Waals surface area contributed by atoms with Crippen LogP contribution in [0.5, 0.6) is 0 Å². The molecule has 2 aromatic rings. The zero-order valence-corrected chi connectivity index (χ0v) is 15.5. The van der Waals surface area contributed by atoms with Gasteiger partial charge in [0.2, 0.25) is 11.8 Å². The van der Waals surface area contributed by atoms with Gasteiger partial charge in [-0.1, -0.05) is 24.3 Å². The Morgan fingerprint density at radius 1 is 0.931 bits per heavy atom. The number of nitrogens with one attached hydrogen (secondary N) is 2. The summed E-state index contributed by atoms with van der Waals surface area (Å²) in [5, 5.41) is 13.8. The average molecular weight is 390 g/mol. The lowest BCUT2D eigenvalue weighted by atomic mass is 10.1. The Hall–Kier alpha value is -3.99. The Labute approximate surface area is 167 Å². The molecule has 2 aromatic carbocycles. The number of carbonyl (C=O) groups is 4. The minimum atomic E-state index is -0.388. The van der Waals surface area contributed by atoms with Gasteiger partial charge in [-0.05, 0) is 29.8 Å². The van der Waals surface area contributed by atoms with Crippen LogP contribution in [-0.4, -0.2) is 35.1 Å². The largest absolute Gasteiger partial charge is 0.351 e. The zero-order valence-electron chi connectivity index (χ0n) is 15.5. The number of amides is 4. The van der Waals surface area contributed by atoms with Gasteiger partial charge in [-0.15, -0.1) is 0 Å². The van der Waals surface area contributed by atoms with Gasteiger partial charge in [0.25, 0.3) is 11.8 Å². The van der Waals surface area contributed by atoms with Crippen molar-refractivity contribution in [1.82, 2.24) is 10.2 Å². The van der Waals surface area contributed by atoms with Crippen molar-refractivity contribution in [1.29, 1.82) is 5.26 Å². The molecule has 0 bridgehead atoms. The Balaban J connectivity index is 1.49. The summed E-state index contributed by atoms with van der Waals surface area (Å²) < 4.78 is 0. The molecule has 0 unspecified atom stereocenters. The number of carbonyl (C=O) groups excluding carboxylic acids is 4. The van der Waals surface area contributed by atoms with Gasteiger partial charge in [0, 0.05) is 25.2 Å². The van der Waals surface area contributed by atoms with E-state index in [4.69, 9.17) is 5.26 Å². The monoisotopic (exact) mass is 390 g/mol. The molecular weight excluding hydrogens is 372 g/mol. The van der Waals surface area contributed by atoms with E-state index in [0.29, 0.717) is 16.8 Å². The zero-order chi connectivity index (χ0) is 20.8. The Morgan fingerprint density at radius 3 is 2.14 bits per heavy atom. The third-order valence-electron chi connectivity index (χ3n) is 4.41. The molecule has 29 heavy (non-hydrogen) atoms. The van der Waals surface area contributed by atoms with Crippen molar-refractivity contribution in [3.05, 3.63) is 65.2 Å². The van der Waals surface area contributed by atoms with E-state index >= 15 is 0 Å². The molecule has 0 spiro atoms. The van der Waals surface area contributed by atoms with Crippen LogP contribution in [0.1, 0.15) is 39.1 Å². The fourth-order valence-electron chi connectivity index (χ4n) is 2.92. The lowest BCUT2D eigenvalue weighted by Crippen LogP contribution is -2.32. The molecule has 146 valence electrons. The van der Waals surface area contributed by atoms with E-state index in [9.17, 15) is 19.2 Å². The number of anilines is 1. The topological polar surface area (TPSA) is 119 Å². The lowest BCUT2D eigenvalue weighted by molar-refractivity contribution is -0.120. The van der Waals surface area contributed by atoms with E-state index in [-0.39, 0.29) is 49.6 Å². The van der Waals surface area contributed by atoms with Gasteiger partial charge in [-0.3, -0.25) is 24.1 Å². The highest BCUT2D eigenvalue weighted by molar-refractivity contribution is 6.21. The van der Waals surface area contributed by atoms with Gasteiger partial charge < -0.3 is 10.6 Å². The average Bonchev–Trinajstić information content (AvgIpc) is 2.96. The second-order valence-corrected chi connectivity index (χ2v) is 6.41. The van der Waals surface area contributed by atoms with Crippen molar-refractivity contribution in [2.24, 2.45) is 0 Å². The van der Waals surface area contributed by atoms with Crippen LogP contribution < -0.4 is 10.6 Å². The van der Waals surface area contributed by atoms with Crippen LogP contribution in [0.2, 0.25) is 0 Å². The van der Waals surface area contributed by atoms with Crippen molar-refractivity contribution in [3.63, 3.8) is 0 Å². The number of imide groups is 1. The molecule has 0 saturated heterocycles. The molecule has 0 aliphatic carbocycles. The first-order valence-corrected chi connectivity index (χ1v) is 8.97. The predicted octanol–water partition coefficient (Wildman–Crippen LogP) is 1.84. The molecule has 4 amide bonds. The molecule has 8 heteroatoms. The summed E-state index contributed by atoms with van der Waals surface area (Å²) in [4.78, 5) is 49.1. The molecule has 1 aliphatic heterocycles. The van der Waals surface area contributed by atoms with E-state index in [2.05, 4.69) is 10.6 Å². The number of fused-ring (bicyclic) bond motifs is 1. The van der Waals surface area contributed by atoms with Crippen LogP contribution in [0.15, 0.2) is 48.5 Å². The molecule has 0 radical (unpaired) electrons. The van der Waals surface area contributed by atoms with E-state index in [1.165, 1.54) is 0 Å². The van der Waals surface area contributed by atoms with Crippen molar-refractivity contribution < 1.29 is 19.2 Å². The van der Waals surface area contributed by atoms with Crippen LogP contribution in [0, 0.1) is 11.3 Å². The first kappa shape index (κ1) is 19.8. The van der Waals surface area contributed by atoms with E-state index in [1.54, 1.807) is 54.6 Å². The Kier molecular flexibility index (Phi) is 6.00. The molecule has 2 N–H and O–H groups in total. The number of hydrogen-bond acceptors (Lipinski definition) is 5. The van der Waals surface area contributed by atoms with E-state index in [0.717, 1.165) is 10.5 Å². The highest BCUT2D eigenvalue weighted by Crippen LogP contribution is 2.22. The number of hydrogen-bond donors (Lipinski definition) is 2. The lowest BCUT2D eigenvalue weighted by Gasteiger charge is -2.13. The molecule has 8 nitrogen and oxygen atoms in total. The van der Waals surface area contributed by atoms with Crippen LogP contribution in [0.4, 0.5) is 5.69 Å². The maximum atomic E-state index is 12.3. The summed E-state index contributed by atoms with van der Waals surface area (Å²) in [5.41, 5.74) is 2.09. The third-order valence-corrected chi connectivity index (χ3v) is 4.41. The van der Waals surface area contributed by atoms with E-state index < -0.39 is 0 Å². The maximum absolute atomic E-state index is 12.3. The molecule has 1 aliphatic rings. The SMILES string of the molecule is N#CCC(=O)NCc1ccc(NC(=O)CCN2C(=O)c3ccccc3C2=O)cc1. The van der Waals surface area contributed by atoms with Crippen LogP contribution in [0.3, 0.4) is 0 Å². The minimum absolute atomic E-state index is 0.00118. The maximum Gasteiger partial charge on any atom is 0.261 e. The molecule has 0 saturated carbocycles. The summed E-state index contributed by atoms with van der Waals surface area (Å²) in [5.74, 6) is -1.45. The van der Waals surface area contributed by atoms with Crippen molar-refractivity contribution in [3.8, 4) is 6.07 Å². The fourth-order valence-corrected chi connectivity index (χ4v) is 2.92. The second kappa shape index (κ2) is 8.80. The van der Waals surface area contributed by atoms with E-state index in [1.807, 2.05) is 0 Å². The van der Waals surface area contributed by atoms with Gasteiger partial charge in [0.15, 0.2) is 0 Å². The predicted molar refractivity (Wildman–Crippen MR) is 104 cm³/mol. The van der Waals surface area contributed by atoms with Crippen molar-refractivity contribution >= 4 is 29.3 Å². The van der Waals surface area contributed by atoms with Crippen LogP contribution in [0.25, 0.3) is 0 Å². The van der Waals surface area contributed by atoms with Crippen molar-refractivity contribution in [2.45, 2.75) is 19.4 Å². The molecule has 0 fully saturated rings. The number of nitriles is 1. The number of rotatable bonds is 7. The highest BCUT2D eigenvalue weighted by atomic mass is 16.2. The van der Waals surface area contributed by atoms with Gasteiger partial charge in [-0.25, -0.2) is 0 Å². The van der Waals surface area contributed by atoms with Gasteiger partial charge in [0.1, 0.15) is 6.42 Å². The molecule has 3 rings (SSSR count). The Morgan fingerprint density at radius 2 is 1.55 bits per heavy atom. The first-order chi connectivity index (χ1) is 14.0. The summed E-state index contributed by atoms with van der Waals surface area (Å²) >= 11 is 0. The quantitative estimate of drug-likeness (QED) is 0.699. The van der Waals surface area contributed by atoms with Gasteiger partial charge >= 0.3 is 0 Å². The normalized spacial score (nSPS) is 12.3. The first-order valence-electron chi connectivity index (χ1n) is 8.97. The smallest absolute Gasteiger partial charge is 0.261 e. The summed E-state index contributed by atoms with van der Waals surface area (Å²) in [7, 11) is 0. The highest BCUT2D eigenvalue weighted by Gasteiger charge is 2.34. The summed E-state index contributed by atoms with van der Waals surface area (Å²) in [6.07, 6.45) is -0.210. The second-order valence-electron chi connectivity index (χ2n) is 6.41. The molecule has 0 aromatic heterocycles. The van der Waals surface area contributed by atoms with Gasteiger partial charge in [-0.2, -0.15) is 5.26 Å². The van der Waals surface area contributed by atoms with Crippen molar-refractivity contribution in [2.75, 3.05) is 11.9 Å². The summed E-state index contributed by atoms with van der Waals surface area (Å²) in [6, 6.07) is 15.2. The van der Waals surface area contributed by atoms with Crippen LogP contribution >= 0.6 is 0 Å². The molecule has 1 heterocycles. The van der Waals surface area contributed by atoms with Gasteiger partial charge in [0.05, 0.1) is 17.2 Å². The van der Waals surface area contributed by atoms with Crippen LogP contribution in [-0.2, 0) is 16.1 Å². The Bertz CT molecular complexity index is 973.